The SMILES string of the molecule is O=C1NC(=O)c2cc(Nc3cccc(C(F)(F)F)c3)c(Nc3cccc(C(F)(F)F)c3)cc21. The molecule has 0 aliphatic carbocycles. The molecule has 33 heavy (non-hydrogen) atoms. The van der Waals surface area contributed by atoms with Crippen molar-refractivity contribution in [3.05, 3.63) is 82.9 Å². The highest BCUT2D eigenvalue weighted by Gasteiger charge is 2.32. The van der Waals surface area contributed by atoms with Crippen LogP contribution < -0.4 is 16.0 Å². The summed E-state index contributed by atoms with van der Waals surface area (Å²) in [6, 6.07) is 11.0. The quantitative estimate of drug-likeness (QED) is 0.322. The first kappa shape index (κ1) is 22.2. The second-order valence-electron chi connectivity index (χ2n) is 7.13. The molecule has 0 saturated carbocycles. The predicted octanol–water partition coefficient (Wildman–Crippen LogP) is 6.10. The summed E-state index contributed by atoms with van der Waals surface area (Å²) in [7, 11) is 0. The standard InChI is InChI=1S/C22H13F6N3O2/c23-21(24,25)11-3-1-5-13(7-11)29-17-9-15-16(20(33)31-19(15)32)10-18(17)30-14-6-2-4-12(8-14)22(26,27)28/h1-10,29-30H,(H,31,32,33). The minimum Gasteiger partial charge on any atom is -0.354 e. The van der Waals surface area contributed by atoms with Gasteiger partial charge in [0.15, 0.2) is 0 Å². The number of anilines is 4. The molecule has 3 aromatic carbocycles. The number of benzene rings is 3. The minimum atomic E-state index is -4.60. The Bertz CT molecular complexity index is 1170. The summed E-state index contributed by atoms with van der Waals surface area (Å²) in [5.41, 5.74) is -1.70. The summed E-state index contributed by atoms with van der Waals surface area (Å²) in [6.07, 6.45) is -9.19. The maximum atomic E-state index is 13.1. The van der Waals surface area contributed by atoms with Gasteiger partial charge in [-0.15, -0.1) is 0 Å². The Morgan fingerprint density at radius 3 is 1.36 bits per heavy atom. The smallest absolute Gasteiger partial charge is 0.354 e. The van der Waals surface area contributed by atoms with Crippen LogP contribution in [-0.2, 0) is 12.4 Å². The van der Waals surface area contributed by atoms with E-state index in [0.717, 1.165) is 24.3 Å². The summed E-state index contributed by atoms with van der Waals surface area (Å²) in [5.74, 6) is -1.40. The van der Waals surface area contributed by atoms with Crippen molar-refractivity contribution < 1.29 is 35.9 Å². The third kappa shape index (κ3) is 4.61. The van der Waals surface area contributed by atoms with Crippen LogP contribution in [0.15, 0.2) is 60.7 Å². The lowest BCUT2D eigenvalue weighted by Gasteiger charge is -2.17. The van der Waals surface area contributed by atoms with E-state index in [2.05, 4.69) is 16.0 Å². The fraction of sp³-hybridized carbons (Fsp3) is 0.0909. The molecule has 1 heterocycles. The molecule has 0 spiro atoms. The third-order valence-corrected chi connectivity index (χ3v) is 4.81. The zero-order valence-electron chi connectivity index (χ0n) is 16.4. The van der Waals surface area contributed by atoms with E-state index in [1.165, 1.54) is 36.4 Å². The molecule has 11 heteroatoms. The van der Waals surface area contributed by atoms with Gasteiger partial charge in [-0.1, -0.05) is 12.1 Å². The highest BCUT2D eigenvalue weighted by molar-refractivity contribution is 6.22. The highest BCUT2D eigenvalue weighted by Crippen LogP contribution is 2.37. The largest absolute Gasteiger partial charge is 0.416 e. The summed E-state index contributed by atoms with van der Waals surface area (Å²) >= 11 is 0. The van der Waals surface area contributed by atoms with Crippen LogP contribution in [0.2, 0.25) is 0 Å². The second kappa shape index (κ2) is 7.84. The fourth-order valence-corrected chi connectivity index (χ4v) is 3.28. The van der Waals surface area contributed by atoms with Gasteiger partial charge in [0.2, 0.25) is 0 Å². The number of nitrogens with one attached hydrogen (secondary N) is 3. The third-order valence-electron chi connectivity index (χ3n) is 4.81. The Balaban J connectivity index is 1.76. The maximum absolute atomic E-state index is 13.1. The van der Waals surface area contributed by atoms with Crippen molar-refractivity contribution in [3.8, 4) is 0 Å². The van der Waals surface area contributed by atoms with Gasteiger partial charge in [0, 0.05) is 11.4 Å². The molecule has 1 aliphatic rings. The van der Waals surface area contributed by atoms with Crippen molar-refractivity contribution in [2.75, 3.05) is 10.6 Å². The van der Waals surface area contributed by atoms with Gasteiger partial charge in [-0.2, -0.15) is 26.3 Å². The Kier molecular flexibility index (Phi) is 5.27. The number of carbonyl (C=O) groups is 2. The van der Waals surface area contributed by atoms with E-state index in [9.17, 15) is 35.9 Å². The zero-order chi connectivity index (χ0) is 24.0. The monoisotopic (exact) mass is 465 g/mol. The van der Waals surface area contributed by atoms with Gasteiger partial charge in [-0.3, -0.25) is 14.9 Å². The number of hydrogen-bond donors (Lipinski definition) is 3. The molecule has 170 valence electrons. The van der Waals surface area contributed by atoms with E-state index in [0.29, 0.717) is 0 Å². The number of hydrogen-bond acceptors (Lipinski definition) is 4. The average Bonchev–Trinajstić information content (AvgIpc) is 3.00. The Labute approximate surface area is 182 Å². The van der Waals surface area contributed by atoms with E-state index in [1.54, 1.807) is 0 Å². The lowest BCUT2D eigenvalue weighted by Crippen LogP contribution is -2.19. The average molecular weight is 465 g/mol. The van der Waals surface area contributed by atoms with Crippen molar-refractivity contribution in [1.29, 1.82) is 0 Å². The lowest BCUT2D eigenvalue weighted by atomic mass is 10.1. The predicted molar refractivity (Wildman–Crippen MR) is 108 cm³/mol. The van der Waals surface area contributed by atoms with Crippen molar-refractivity contribution in [2.45, 2.75) is 12.4 Å². The summed E-state index contributed by atoms with van der Waals surface area (Å²) in [4.78, 5) is 24.1. The van der Waals surface area contributed by atoms with E-state index in [4.69, 9.17) is 0 Å². The van der Waals surface area contributed by atoms with Gasteiger partial charge in [0.25, 0.3) is 11.8 Å². The van der Waals surface area contributed by atoms with Crippen LogP contribution in [0.4, 0.5) is 49.1 Å². The first-order valence-electron chi connectivity index (χ1n) is 9.34. The highest BCUT2D eigenvalue weighted by atomic mass is 19.4. The Morgan fingerprint density at radius 2 is 1.00 bits per heavy atom. The number of rotatable bonds is 4. The molecular weight excluding hydrogens is 452 g/mol. The van der Waals surface area contributed by atoms with Gasteiger partial charge < -0.3 is 10.6 Å². The summed E-state index contributed by atoms with van der Waals surface area (Å²) in [5, 5.41) is 7.57. The molecule has 0 saturated heterocycles. The van der Waals surface area contributed by atoms with E-state index >= 15 is 0 Å². The molecule has 4 rings (SSSR count). The van der Waals surface area contributed by atoms with Crippen LogP contribution >= 0.6 is 0 Å². The maximum Gasteiger partial charge on any atom is 0.416 e. The Hall–Kier alpha value is -4.02. The van der Waals surface area contributed by atoms with Crippen LogP contribution in [-0.4, -0.2) is 11.8 Å². The van der Waals surface area contributed by atoms with Crippen LogP contribution in [0.25, 0.3) is 0 Å². The van der Waals surface area contributed by atoms with Gasteiger partial charge in [0.1, 0.15) is 0 Å². The van der Waals surface area contributed by atoms with Crippen LogP contribution in [0.5, 0.6) is 0 Å². The molecule has 2 amide bonds. The Morgan fingerprint density at radius 1 is 0.606 bits per heavy atom. The summed E-state index contributed by atoms with van der Waals surface area (Å²) < 4.78 is 78.4. The van der Waals surface area contributed by atoms with Crippen LogP contribution in [0.1, 0.15) is 31.8 Å². The van der Waals surface area contributed by atoms with Gasteiger partial charge in [0.05, 0.1) is 33.6 Å². The van der Waals surface area contributed by atoms with E-state index in [1.807, 2.05) is 0 Å². The topological polar surface area (TPSA) is 70.2 Å². The first-order chi connectivity index (χ1) is 15.4. The molecule has 0 radical (unpaired) electrons. The van der Waals surface area contributed by atoms with Crippen molar-refractivity contribution in [2.24, 2.45) is 0 Å². The number of amides is 2. The summed E-state index contributed by atoms with van der Waals surface area (Å²) in [6.45, 7) is 0. The van der Waals surface area contributed by atoms with Gasteiger partial charge in [-0.05, 0) is 48.5 Å². The number of carbonyl (C=O) groups excluding carboxylic acids is 2. The second-order valence-corrected chi connectivity index (χ2v) is 7.13. The first-order valence-corrected chi connectivity index (χ1v) is 9.34. The molecule has 0 atom stereocenters. The molecule has 5 nitrogen and oxygen atoms in total. The van der Waals surface area contributed by atoms with Gasteiger partial charge >= 0.3 is 12.4 Å². The number of halogens is 6. The molecule has 0 aromatic heterocycles. The zero-order valence-corrected chi connectivity index (χ0v) is 16.4. The fourth-order valence-electron chi connectivity index (χ4n) is 3.28. The van der Waals surface area contributed by atoms with Crippen molar-refractivity contribution >= 4 is 34.6 Å². The molecular formula is C22H13F6N3O2. The van der Waals surface area contributed by atoms with E-state index in [-0.39, 0.29) is 33.9 Å². The van der Waals surface area contributed by atoms with Crippen molar-refractivity contribution in [3.63, 3.8) is 0 Å². The van der Waals surface area contributed by atoms with E-state index < -0.39 is 35.3 Å². The van der Waals surface area contributed by atoms with Crippen LogP contribution in [0, 0.1) is 0 Å². The van der Waals surface area contributed by atoms with Gasteiger partial charge in [-0.25, -0.2) is 0 Å². The number of imide groups is 1. The van der Waals surface area contributed by atoms with Crippen LogP contribution in [0.3, 0.4) is 0 Å². The van der Waals surface area contributed by atoms with Crippen molar-refractivity contribution in [1.82, 2.24) is 5.32 Å². The minimum absolute atomic E-state index is 0.0154. The molecule has 1 aliphatic heterocycles. The molecule has 0 fully saturated rings. The molecule has 0 bridgehead atoms. The molecule has 3 aromatic rings. The lowest BCUT2D eigenvalue weighted by molar-refractivity contribution is -0.138. The normalized spacial score (nSPS) is 13.5. The number of alkyl halides is 6. The number of fused-ring (bicyclic) bond motifs is 1. The molecule has 0 unspecified atom stereocenters. The molecule has 3 N–H and O–H groups in total.